The first-order valence-electron chi connectivity index (χ1n) is 13.1. The highest BCUT2D eigenvalue weighted by Crippen LogP contribution is 2.48. The van der Waals surface area contributed by atoms with E-state index in [-0.39, 0.29) is 31.1 Å². The van der Waals surface area contributed by atoms with Gasteiger partial charge in [-0.25, -0.2) is 14.3 Å². The number of nitrogens with zero attached hydrogens (tertiary/aromatic N) is 7. The van der Waals surface area contributed by atoms with E-state index in [9.17, 15) is 33.3 Å². The van der Waals surface area contributed by atoms with Gasteiger partial charge in [-0.1, -0.05) is 12.1 Å². The largest absolute Gasteiger partial charge is 0.405 e. The SMILES string of the molecule is N#CCC1(N=CC(=CN)c2cnn3c(-c4cccc(NC(=O)NCC(F)(F)F)c4)cnc3c2)CN(C(=O)C2(C#N)CC2)C1. The number of benzene rings is 1. The quantitative estimate of drug-likeness (QED) is 0.337. The van der Waals surface area contributed by atoms with Crippen LogP contribution in [0.25, 0.3) is 22.5 Å². The number of hydrogen-bond donors (Lipinski definition) is 3. The molecule has 0 spiro atoms. The van der Waals surface area contributed by atoms with Crippen LogP contribution in [0.1, 0.15) is 24.8 Å². The maximum absolute atomic E-state index is 12.7. The number of nitrogens with one attached hydrogen (secondary N) is 2. The smallest absolute Gasteiger partial charge is 0.404 e. The second-order valence-electron chi connectivity index (χ2n) is 10.5. The Balaban J connectivity index is 1.30. The van der Waals surface area contributed by atoms with Gasteiger partial charge < -0.3 is 21.3 Å². The zero-order chi connectivity index (χ0) is 30.8. The molecule has 0 unspecified atom stereocenters. The molecule has 220 valence electrons. The van der Waals surface area contributed by atoms with Gasteiger partial charge in [0.2, 0.25) is 5.91 Å². The molecule has 43 heavy (non-hydrogen) atoms. The molecule has 4 N–H and O–H groups in total. The number of hydrogen-bond acceptors (Lipinski definition) is 8. The van der Waals surface area contributed by atoms with Crippen molar-refractivity contribution in [3.8, 4) is 23.4 Å². The number of alkyl halides is 3. The summed E-state index contributed by atoms with van der Waals surface area (Å²) in [5.41, 5.74) is 7.15. The molecule has 2 aromatic heterocycles. The third kappa shape index (κ3) is 6.11. The van der Waals surface area contributed by atoms with Gasteiger partial charge in [0.1, 0.15) is 17.5 Å². The third-order valence-electron chi connectivity index (χ3n) is 7.26. The van der Waals surface area contributed by atoms with E-state index >= 15 is 0 Å². The number of fused-ring (bicyclic) bond motifs is 1. The van der Waals surface area contributed by atoms with Gasteiger partial charge in [-0.3, -0.25) is 9.79 Å². The topological polar surface area (TPSA) is 178 Å². The van der Waals surface area contributed by atoms with Gasteiger partial charge >= 0.3 is 12.2 Å². The number of anilines is 1. The summed E-state index contributed by atoms with van der Waals surface area (Å²) in [6.45, 7) is -0.992. The second kappa shape index (κ2) is 11.1. The molecular formula is C28H25F3N10O2. The van der Waals surface area contributed by atoms with Gasteiger partial charge in [0.25, 0.3) is 0 Å². The number of halogens is 3. The first kappa shape index (κ1) is 29.1. The standard InChI is InChI=1S/C28H25F3N10O2/c29-28(30,31)15-36-25(43)39-21-3-1-2-18(8-21)22-13-35-23-9-19(12-38-41(22)23)20(10-33)11-37-27(6-7-32)16-40(17-27)24(42)26(14-34)4-5-26/h1-3,8-13H,4-6,15-17,33H2,(H2,36,39,43). The van der Waals surface area contributed by atoms with Gasteiger partial charge in [-0.2, -0.15) is 28.8 Å². The van der Waals surface area contributed by atoms with Crippen LogP contribution in [-0.2, 0) is 4.79 Å². The summed E-state index contributed by atoms with van der Waals surface area (Å²) in [6, 6.07) is 11.4. The average Bonchev–Trinajstić information content (AvgIpc) is 3.65. The summed E-state index contributed by atoms with van der Waals surface area (Å²) in [5, 5.41) is 27.3. The van der Waals surface area contributed by atoms with Gasteiger partial charge in [0, 0.05) is 47.9 Å². The number of carbonyl (C=O) groups is 2. The number of nitriles is 2. The molecular weight excluding hydrogens is 565 g/mol. The fourth-order valence-electron chi connectivity index (χ4n) is 4.76. The summed E-state index contributed by atoms with van der Waals surface area (Å²) in [4.78, 5) is 35.1. The van der Waals surface area contributed by atoms with Gasteiger partial charge in [0.05, 0.1) is 36.6 Å². The highest BCUT2D eigenvalue weighted by Gasteiger charge is 2.57. The first-order valence-corrected chi connectivity index (χ1v) is 13.1. The minimum Gasteiger partial charge on any atom is -0.404 e. The van der Waals surface area contributed by atoms with Crippen LogP contribution in [0.5, 0.6) is 0 Å². The fraction of sp³-hybridized carbons (Fsp3) is 0.321. The van der Waals surface area contributed by atoms with Crippen molar-refractivity contribution < 1.29 is 22.8 Å². The van der Waals surface area contributed by atoms with E-state index in [0.717, 1.165) is 0 Å². The Kier molecular flexibility index (Phi) is 7.50. The molecule has 2 fully saturated rings. The molecule has 2 aliphatic rings. The number of urea groups is 1. The zero-order valence-electron chi connectivity index (χ0n) is 22.6. The number of imidazole rings is 1. The van der Waals surface area contributed by atoms with E-state index in [2.05, 4.69) is 32.5 Å². The maximum Gasteiger partial charge on any atom is 0.405 e. The number of nitrogens with two attached hydrogens (primary N) is 1. The molecule has 1 aromatic carbocycles. The van der Waals surface area contributed by atoms with Crippen molar-refractivity contribution in [3.05, 3.63) is 54.5 Å². The summed E-state index contributed by atoms with van der Waals surface area (Å²) in [7, 11) is 0. The number of carbonyl (C=O) groups excluding carboxylic acids is 2. The number of likely N-dealkylation sites (tertiary alicyclic amines) is 1. The lowest BCUT2D eigenvalue weighted by Crippen LogP contribution is -2.63. The minimum atomic E-state index is -4.53. The predicted octanol–water partition coefficient (Wildman–Crippen LogP) is 3.25. The van der Waals surface area contributed by atoms with Crippen molar-refractivity contribution in [1.29, 1.82) is 10.5 Å². The number of aromatic nitrogens is 3. The van der Waals surface area contributed by atoms with Crippen molar-refractivity contribution in [1.82, 2.24) is 24.8 Å². The lowest BCUT2D eigenvalue weighted by Gasteiger charge is -2.47. The van der Waals surface area contributed by atoms with Crippen LogP contribution in [0.3, 0.4) is 0 Å². The lowest BCUT2D eigenvalue weighted by molar-refractivity contribution is -0.142. The van der Waals surface area contributed by atoms with Gasteiger partial charge in [-0.05, 0) is 31.0 Å². The Labute approximate surface area is 243 Å². The van der Waals surface area contributed by atoms with E-state index in [1.165, 1.54) is 18.5 Å². The van der Waals surface area contributed by atoms with E-state index in [0.29, 0.717) is 40.9 Å². The normalized spacial score (nSPS) is 17.1. The van der Waals surface area contributed by atoms with E-state index in [1.54, 1.807) is 51.4 Å². The average molecular weight is 591 g/mol. The summed E-state index contributed by atoms with van der Waals surface area (Å²) in [6.07, 6.45) is 2.64. The predicted molar refractivity (Wildman–Crippen MR) is 149 cm³/mol. The Morgan fingerprint density at radius 1 is 1.19 bits per heavy atom. The van der Waals surface area contributed by atoms with Crippen LogP contribution in [-0.4, -0.2) is 69.0 Å². The van der Waals surface area contributed by atoms with E-state index in [1.807, 2.05) is 0 Å². The van der Waals surface area contributed by atoms with Crippen LogP contribution in [0, 0.1) is 28.1 Å². The van der Waals surface area contributed by atoms with Crippen LogP contribution < -0.4 is 16.4 Å². The summed E-state index contributed by atoms with van der Waals surface area (Å²) >= 11 is 0. The molecule has 5 rings (SSSR count). The molecule has 0 atom stereocenters. The number of rotatable bonds is 8. The van der Waals surface area contributed by atoms with Gasteiger partial charge in [-0.15, -0.1) is 0 Å². The molecule has 1 aliphatic carbocycles. The number of allylic oxidation sites excluding steroid dienone is 1. The van der Waals surface area contributed by atoms with E-state index in [4.69, 9.17) is 5.73 Å². The Morgan fingerprint density at radius 3 is 2.60 bits per heavy atom. The monoisotopic (exact) mass is 590 g/mol. The van der Waals surface area contributed by atoms with E-state index < -0.39 is 29.7 Å². The summed E-state index contributed by atoms with van der Waals surface area (Å²) in [5.74, 6) is -0.218. The highest BCUT2D eigenvalue weighted by atomic mass is 19.4. The summed E-state index contributed by atoms with van der Waals surface area (Å²) < 4.78 is 38.7. The molecule has 0 radical (unpaired) electrons. The van der Waals surface area contributed by atoms with Crippen LogP contribution >= 0.6 is 0 Å². The molecule has 0 bridgehead atoms. The van der Waals surface area contributed by atoms with Crippen LogP contribution in [0.4, 0.5) is 23.7 Å². The van der Waals surface area contributed by atoms with Crippen molar-refractivity contribution in [2.75, 3.05) is 25.0 Å². The molecule has 3 aromatic rings. The lowest BCUT2D eigenvalue weighted by atomic mass is 9.86. The molecule has 1 saturated heterocycles. The molecule has 1 saturated carbocycles. The highest BCUT2D eigenvalue weighted by molar-refractivity contribution is 6.10. The molecule has 15 heteroatoms. The zero-order valence-corrected chi connectivity index (χ0v) is 22.6. The molecule has 3 amide bonds. The maximum atomic E-state index is 12.7. The molecule has 12 nitrogen and oxygen atoms in total. The van der Waals surface area contributed by atoms with Crippen molar-refractivity contribution in [2.45, 2.75) is 31.0 Å². The first-order chi connectivity index (χ1) is 20.5. The van der Waals surface area contributed by atoms with Gasteiger partial charge in [0.15, 0.2) is 5.65 Å². The Morgan fingerprint density at radius 2 is 1.95 bits per heavy atom. The van der Waals surface area contributed by atoms with Crippen molar-refractivity contribution in [2.24, 2.45) is 16.1 Å². The Hall–Kier alpha value is -5.44. The molecule has 3 heterocycles. The van der Waals surface area contributed by atoms with Crippen molar-refractivity contribution in [3.63, 3.8) is 0 Å². The number of aliphatic imine (C=N–C) groups is 1. The molecule has 1 aliphatic heterocycles. The number of amides is 3. The van der Waals surface area contributed by atoms with Crippen LogP contribution in [0.15, 0.2) is 53.9 Å². The Bertz CT molecular complexity index is 1720. The second-order valence-corrected chi connectivity index (χ2v) is 10.5. The van der Waals surface area contributed by atoms with Crippen LogP contribution in [0.2, 0.25) is 0 Å². The third-order valence-corrected chi connectivity index (χ3v) is 7.26. The van der Waals surface area contributed by atoms with Crippen molar-refractivity contribution >= 4 is 35.1 Å². The minimum absolute atomic E-state index is 0.0868. The fourth-order valence-corrected chi connectivity index (χ4v) is 4.76.